The van der Waals surface area contributed by atoms with Crippen LogP contribution < -0.4 is 0 Å². The van der Waals surface area contributed by atoms with Gasteiger partial charge in [-0.05, 0) is 12.5 Å². The van der Waals surface area contributed by atoms with Crippen molar-refractivity contribution in [2.75, 3.05) is 13.1 Å². The van der Waals surface area contributed by atoms with E-state index >= 15 is 0 Å². The zero-order chi connectivity index (χ0) is 15.0. The Kier molecular flexibility index (Phi) is 3.46. The number of rotatable bonds is 5. The van der Waals surface area contributed by atoms with Gasteiger partial charge in [-0.1, -0.05) is 12.1 Å². The van der Waals surface area contributed by atoms with Crippen LogP contribution in [0.15, 0.2) is 12.3 Å². The molecule has 0 amide bonds. The van der Waals surface area contributed by atoms with Crippen LogP contribution in [0.1, 0.15) is 34.8 Å². The lowest BCUT2D eigenvalue weighted by molar-refractivity contribution is 0.0690. The van der Waals surface area contributed by atoms with Gasteiger partial charge < -0.3 is 5.11 Å². The lowest BCUT2D eigenvalue weighted by Crippen LogP contribution is -2.47. The number of carboxylic acids is 1. The average molecular weight is 290 g/mol. The number of likely N-dealkylation sites (tertiary alicyclic amines) is 1. The minimum atomic E-state index is -1.04. The van der Waals surface area contributed by atoms with E-state index in [1.807, 2.05) is 11.7 Å². The van der Waals surface area contributed by atoms with Gasteiger partial charge in [-0.3, -0.25) is 9.58 Å². The van der Waals surface area contributed by atoms with Crippen LogP contribution in [-0.4, -0.2) is 53.8 Å². The summed E-state index contributed by atoms with van der Waals surface area (Å²) in [6.07, 6.45) is 2.43. The molecule has 8 nitrogen and oxygen atoms in total. The second kappa shape index (κ2) is 5.28. The molecule has 0 saturated carbocycles. The second-order valence-electron chi connectivity index (χ2n) is 5.34. The highest BCUT2D eigenvalue weighted by Crippen LogP contribution is 2.22. The van der Waals surface area contributed by atoms with Crippen LogP contribution in [0.25, 0.3) is 0 Å². The number of aryl methyl sites for hydroxylation is 2. The minimum Gasteiger partial charge on any atom is -0.476 e. The number of hydrogen-bond acceptors (Lipinski definition) is 5. The van der Waals surface area contributed by atoms with Crippen LogP contribution >= 0.6 is 0 Å². The van der Waals surface area contributed by atoms with Gasteiger partial charge in [-0.15, -0.1) is 5.10 Å². The van der Waals surface area contributed by atoms with E-state index in [4.69, 9.17) is 5.11 Å². The van der Waals surface area contributed by atoms with Gasteiger partial charge in [0.15, 0.2) is 5.69 Å². The summed E-state index contributed by atoms with van der Waals surface area (Å²) in [5.74, 6) is -1.04. The first kappa shape index (κ1) is 13.7. The molecule has 0 aromatic carbocycles. The molecule has 0 bridgehead atoms. The summed E-state index contributed by atoms with van der Waals surface area (Å²) in [5.41, 5.74) is 2.29. The highest BCUT2D eigenvalue weighted by molar-refractivity contribution is 5.84. The minimum absolute atomic E-state index is 0.00679. The molecule has 1 saturated heterocycles. The fourth-order valence-electron chi connectivity index (χ4n) is 2.51. The van der Waals surface area contributed by atoms with Crippen LogP contribution in [0.2, 0.25) is 0 Å². The van der Waals surface area contributed by atoms with Crippen molar-refractivity contribution in [1.82, 2.24) is 29.7 Å². The normalized spacial score (nSPS) is 16.1. The van der Waals surface area contributed by atoms with Crippen LogP contribution in [0.5, 0.6) is 0 Å². The summed E-state index contributed by atoms with van der Waals surface area (Å²) in [4.78, 5) is 13.1. The Morgan fingerprint density at radius 1 is 1.48 bits per heavy atom. The Morgan fingerprint density at radius 2 is 2.24 bits per heavy atom. The van der Waals surface area contributed by atoms with E-state index in [2.05, 4.69) is 33.3 Å². The molecule has 3 heterocycles. The molecule has 3 rings (SSSR count). The molecule has 1 aliphatic rings. The van der Waals surface area contributed by atoms with Gasteiger partial charge in [-0.2, -0.15) is 5.10 Å². The average Bonchev–Trinajstić information content (AvgIpc) is 3.00. The molecule has 2 aromatic heterocycles. The predicted molar refractivity (Wildman–Crippen MR) is 73.9 cm³/mol. The molecule has 2 aromatic rings. The van der Waals surface area contributed by atoms with Crippen molar-refractivity contribution >= 4 is 5.97 Å². The summed E-state index contributed by atoms with van der Waals surface area (Å²) in [6.45, 7) is 4.63. The van der Waals surface area contributed by atoms with E-state index in [-0.39, 0.29) is 11.7 Å². The molecule has 0 unspecified atom stereocenters. The topological polar surface area (TPSA) is 89.1 Å². The SMILES string of the molecule is CCc1cc(CN2CC(n3cc(C(=O)O)nn3)C2)n(C)n1. The van der Waals surface area contributed by atoms with Crippen LogP contribution in [0.3, 0.4) is 0 Å². The lowest BCUT2D eigenvalue weighted by atomic mass is 10.1. The van der Waals surface area contributed by atoms with Gasteiger partial charge in [0.1, 0.15) is 0 Å². The van der Waals surface area contributed by atoms with Gasteiger partial charge in [0, 0.05) is 26.7 Å². The number of aromatic nitrogens is 5. The van der Waals surface area contributed by atoms with E-state index in [0.717, 1.165) is 31.7 Å². The second-order valence-corrected chi connectivity index (χ2v) is 5.34. The zero-order valence-corrected chi connectivity index (χ0v) is 12.1. The Morgan fingerprint density at radius 3 is 2.81 bits per heavy atom. The number of aromatic carboxylic acids is 1. The van der Waals surface area contributed by atoms with Crippen molar-refractivity contribution in [3.8, 4) is 0 Å². The quantitative estimate of drug-likeness (QED) is 0.853. The Balaban J connectivity index is 1.57. The molecule has 0 aliphatic carbocycles. The van der Waals surface area contributed by atoms with Crippen molar-refractivity contribution in [2.24, 2.45) is 7.05 Å². The third kappa shape index (κ3) is 2.66. The van der Waals surface area contributed by atoms with E-state index in [9.17, 15) is 4.79 Å². The molecule has 1 fully saturated rings. The van der Waals surface area contributed by atoms with Crippen LogP contribution in [0.4, 0.5) is 0 Å². The third-order valence-electron chi connectivity index (χ3n) is 3.82. The zero-order valence-electron chi connectivity index (χ0n) is 12.1. The molecule has 0 atom stereocenters. The molecule has 8 heteroatoms. The summed E-state index contributed by atoms with van der Waals surface area (Å²) in [7, 11) is 1.96. The molecular weight excluding hydrogens is 272 g/mol. The molecule has 1 N–H and O–H groups in total. The molecule has 21 heavy (non-hydrogen) atoms. The number of carboxylic acid groups (broad SMARTS) is 1. The summed E-state index contributed by atoms with van der Waals surface area (Å²) in [6, 6.07) is 2.33. The maximum atomic E-state index is 10.8. The summed E-state index contributed by atoms with van der Waals surface area (Å²) in [5, 5.41) is 20.8. The smallest absolute Gasteiger partial charge is 0.358 e. The van der Waals surface area contributed by atoms with Gasteiger partial charge >= 0.3 is 5.97 Å². The highest BCUT2D eigenvalue weighted by Gasteiger charge is 2.30. The van der Waals surface area contributed by atoms with E-state index in [1.165, 1.54) is 11.9 Å². The Hall–Kier alpha value is -2.22. The first-order valence-corrected chi connectivity index (χ1v) is 6.96. The van der Waals surface area contributed by atoms with Crippen molar-refractivity contribution in [3.05, 3.63) is 29.3 Å². The fourth-order valence-corrected chi connectivity index (χ4v) is 2.51. The number of nitrogens with zero attached hydrogens (tertiary/aromatic N) is 6. The first-order chi connectivity index (χ1) is 10.1. The standard InChI is InChI=1S/C13H18N6O2/c1-3-9-4-10(17(2)15-9)5-18-6-11(7-18)19-8-12(13(20)21)14-16-19/h4,8,11H,3,5-7H2,1-2H3,(H,20,21). The van der Waals surface area contributed by atoms with Gasteiger partial charge in [-0.25, -0.2) is 9.48 Å². The van der Waals surface area contributed by atoms with Crippen molar-refractivity contribution < 1.29 is 9.90 Å². The van der Waals surface area contributed by atoms with Gasteiger partial charge in [0.2, 0.25) is 0 Å². The lowest BCUT2D eigenvalue weighted by Gasteiger charge is -2.38. The molecular formula is C13H18N6O2. The largest absolute Gasteiger partial charge is 0.476 e. The van der Waals surface area contributed by atoms with Crippen molar-refractivity contribution in [1.29, 1.82) is 0 Å². The number of hydrogen-bond donors (Lipinski definition) is 1. The summed E-state index contributed by atoms with van der Waals surface area (Å²) >= 11 is 0. The van der Waals surface area contributed by atoms with Gasteiger partial charge in [0.05, 0.1) is 23.6 Å². The molecule has 0 spiro atoms. The van der Waals surface area contributed by atoms with Crippen LogP contribution in [0, 0.1) is 0 Å². The van der Waals surface area contributed by atoms with Crippen molar-refractivity contribution in [2.45, 2.75) is 25.9 Å². The van der Waals surface area contributed by atoms with Crippen molar-refractivity contribution in [3.63, 3.8) is 0 Å². The summed E-state index contributed by atoms with van der Waals surface area (Å²) < 4.78 is 3.56. The molecule has 0 radical (unpaired) electrons. The van der Waals surface area contributed by atoms with Gasteiger partial charge in [0.25, 0.3) is 0 Å². The molecule has 1 aliphatic heterocycles. The number of carbonyl (C=O) groups is 1. The van der Waals surface area contributed by atoms with E-state index in [0.29, 0.717) is 0 Å². The maximum absolute atomic E-state index is 10.8. The highest BCUT2D eigenvalue weighted by atomic mass is 16.4. The fraction of sp³-hybridized carbons (Fsp3) is 0.538. The van der Waals surface area contributed by atoms with Crippen LogP contribution in [-0.2, 0) is 20.0 Å². The first-order valence-electron chi connectivity index (χ1n) is 6.96. The monoisotopic (exact) mass is 290 g/mol. The third-order valence-corrected chi connectivity index (χ3v) is 3.82. The Bertz CT molecular complexity index is 655. The predicted octanol–water partition coefficient (Wildman–Crippen LogP) is 0.329. The Labute approximate surface area is 122 Å². The van der Waals surface area contributed by atoms with E-state index in [1.54, 1.807) is 4.68 Å². The maximum Gasteiger partial charge on any atom is 0.358 e. The van der Waals surface area contributed by atoms with E-state index < -0.39 is 5.97 Å². The molecule has 112 valence electrons.